The van der Waals surface area contributed by atoms with E-state index in [1.165, 1.54) is 5.56 Å². The molecule has 0 radical (unpaired) electrons. The van der Waals surface area contributed by atoms with Crippen molar-refractivity contribution in [2.75, 3.05) is 0 Å². The lowest BCUT2D eigenvalue weighted by Crippen LogP contribution is -1.99. The summed E-state index contributed by atoms with van der Waals surface area (Å²) in [6.45, 7) is 2.08. The second-order valence-corrected chi connectivity index (χ2v) is 4.91. The fourth-order valence-electron chi connectivity index (χ4n) is 1.94. The lowest BCUT2D eigenvalue weighted by Gasteiger charge is -2.04. The first kappa shape index (κ1) is 14.4. The van der Waals surface area contributed by atoms with Gasteiger partial charge in [0, 0.05) is 5.02 Å². The average molecular weight is 287 g/mol. The maximum atomic E-state index is 11.4. The monoisotopic (exact) mass is 286 g/mol. The number of carboxylic acid groups (broad SMARTS) is 1. The smallest absolute Gasteiger partial charge is 0.336 e. The van der Waals surface area contributed by atoms with E-state index in [9.17, 15) is 9.90 Å². The van der Waals surface area contributed by atoms with E-state index in [4.69, 9.17) is 11.6 Å². The maximum Gasteiger partial charge on any atom is 0.336 e. The molecule has 0 saturated heterocycles. The van der Waals surface area contributed by atoms with Gasteiger partial charge in [-0.05, 0) is 41.3 Å². The molecule has 2 rings (SSSR count). The standard InChI is InChI=1S/C17H15ClO2/c1-2-12-6-8-13(9-7-12)10-16(17(19)20)14-4-3-5-15(18)11-14/h3-11H,2H2,1H3,(H,19,20)/b16-10+. The fourth-order valence-corrected chi connectivity index (χ4v) is 2.13. The summed E-state index contributed by atoms with van der Waals surface area (Å²) < 4.78 is 0. The van der Waals surface area contributed by atoms with E-state index < -0.39 is 5.97 Å². The molecule has 20 heavy (non-hydrogen) atoms. The zero-order valence-electron chi connectivity index (χ0n) is 11.1. The second kappa shape index (κ2) is 6.40. The number of hydrogen-bond acceptors (Lipinski definition) is 1. The predicted octanol–water partition coefficient (Wildman–Crippen LogP) is 4.53. The van der Waals surface area contributed by atoms with E-state index in [1.807, 2.05) is 24.3 Å². The number of carboxylic acids is 1. The van der Waals surface area contributed by atoms with Crippen LogP contribution in [0.3, 0.4) is 0 Å². The number of halogens is 1. The van der Waals surface area contributed by atoms with Crippen molar-refractivity contribution in [2.24, 2.45) is 0 Å². The van der Waals surface area contributed by atoms with Crippen molar-refractivity contribution in [3.8, 4) is 0 Å². The molecule has 0 aliphatic carbocycles. The maximum absolute atomic E-state index is 11.4. The largest absolute Gasteiger partial charge is 0.478 e. The molecule has 0 aliphatic rings. The molecule has 0 fully saturated rings. The Kier molecular flexibility index (Phi) is 4.59. The second-order valence-electron chi connectivity index (χ2n) is 4.47. The van der Waals surface area contributed by atoms with Gasteiger partial charge in [-0.25, -0.2) is 4.79 Å². The third kappa shape index (κ3) is 3.49. The van der Waals surface area contributed by atoms with Crippen LogP contribution in [0.4, 0.5) is 0 Å². The first-order valence-corrected chi connectivity index (χ1v) is 6.78. The Morgan fingerprint density at radius 2 is 1.90 bits per heavy atom. The zero-order chi connectivity index (χ0) is 14.5. The van der Waals surface area contributed by atoms with Crippen LogP contribution in [-0.4, -0.2) is 11.1 Å². The number of benzene rings is 2. The van der Waals surface area contributed by atoms with Crippen LogP contribution in [0.5, 0.6) is 0 Å². The molecular formula is C17H15ClO2. The van der Waals surface area contributed by atoms with Gasteiger partial charge in [0.2, 0.25) is 0 Å². The summed E-state index contributed by atoms with van der Waals surface area (Å²) in [4.78, 5) is 11.4. The third-order valence-electron chi connectivity index (χ3n) is 3.07. The number of carbonyl (C=O) groups is 1. The number of aryl methyl sites for hydroxylation is 1. The molecule has 3 heteroatoms. The normalized spacial score (nSPS) is 11.4. The average Bonchev–Trinajstić information content (AvgIpc) is 2.45. The van der Waals surface area contributed by atoms with Gasteiger partial charge in [-0.3, -0.25) is 0 Å². The van der Waals surface area contributed by atoms with Crippen molar-refractivity contribution in [2.45, 2.75) is 13.3 Å². The molecule has 0 atom stereocenters. The van der Waals surface area contributed by atoms with Crippen LogP contribution in [0.25, 0.3) is 11.6 Å². The molecule has 2 aromatic carbocycles. The topological polar surface area (TPSA) is 37.3 Å². The van der Waals surface area contributed by atoms with Crippen LogP contribution in [0.2, 0.25) is 5.02 Å². The molecule has 0 saturated carbocycles. The molecule has 2 nitrogen and oxygen atoms in total. The van der Waals surface area contributed by atoms with Crippen LogP contribution in [0.1, 0.15) is 23.6 Å². The Labute approximate surface area is 123 Å². The highest BCUT2D eigenvalue weighted by atomic mass is 35.5. The third-order valence-corrected chi connectivity index (χ3v) is 3.30. The highest BCUT2D eigenvalue weighted by Crippen LogP contribution is 2.22. The van der Waals surface area contributed by atoms with Crippen LogP contribution < -0.4 is 0 Å². The van der Waals surface area contributed by atoms with Gasteiger partial charge >= 0.3 is 5.97 Å². The highest BCUT2D eigenvalue weighted by molar-refractivity contribution is 6.31. The molecule has 1 N–H and O–H groups in total. The first-order chi connectivity index (χ1) is 9.60. The molecule has 0 amide bonds. The van der Waals surface area contributed by atoms with Crippen molar-refractivity contribution in [3.63, 3.8) is 0 Å². The Morgan fingerprint density at radius 1 is 1.20 bits per heavy atom. The van der Waals surface area contributed by atoms with Crippen molar-refractivity contribution in [1.29, 1.82) is 0 Å². The molecule has 102 valence electrons. The van der Waals surface area contributed by atoms with E-state index in [-0.39, 0.29) is 5.57 Å². The minimum Gasteiger partial charge on any atom is -0.478 e. The van der Waals surface area contributed by atoms with Crippen molar-refractivity contribution in [1.82, 2.24) is 0 Å². The number of rotatable bonds is 4. The van der Waals surface area contributed by atoms with Gasteiger partial charge in [0.25, 0.3) is 0 Å². The number of hydrogen-bond donors (Lipinski definition) is 1. The molecule has 2 aromatic rings. The summed E-state index contributed by atoms with van der Waals surface area (Å²) >= 11 is 5.92. The Bertz CT molecular complexity index is 642. The van der Waals surface area contributed by atoms with Gasteiger partial charge in [0.05, 0.1) is 5.57 Å². The summed E-state index contributed by atoms with van der Waals surface area (Å²) in [5, 5.41) is 9.89. The molecule has 0 heterocycles. The molecular weight excluding hydrogens is 272 g/mol. The van der Waals surface area contributed by atoms with Gasteiger partial charge in [-0.1, -0.05) is 54.9 Å². The first-order valence-electron chi connectivity index (χ1n) is 6.40. The van der Waals surface area contributed by atoms with Gasteiger partial charge in [0.1, 0.15) is 0 Å². The lowest BCUT2D eigenvalue weighted by molar-refractivity contribution is -0.130. The quantitative estimate of drug-likeness (QED) is 0.662. The van der Waals surface area contributed by atoms with Crippen LogP contribution in [-0.2, 0) is 11.2 Å². The summed E-state index contributed by atoms with van der Waals surface area (Å²) in [5.74, 6) is -0.966. The summed E-state index contributed by atoms with van der Waals surface area (Å²) in [5.41, 5.74) is 2.92. The van der Waals surface area contributed by atoms with E-state index in [0.717, 1.165) is 12.0 Å². The number of aliphatic carboxylic acids is 1. The fraction of sp³-hybridized carbons (Fsp3) is 0.118. The highest BCUT2D eigenvalue weighted by Gasteiger charge is 2.10. The van der Waals surface area contributed by atoms with Crippen LogP contribution in [0.15, 0.2) is 48.5 Å². The van der Waals surface area contributed by atoms with E-state index in [2.05, 4.69) is 6.92 Å². The van der Waals surface area contributed by atoms with E-state index >= 15 is 0 Å². The van der Waals surface area contributed by atoms with Gasteiger partial charge in [-0.15, -0.1) is 0 Å². The Hall–Kier alpha value is -2.06. The molecule has 0 aromatic heterocycles. The Morgan fingerprint density at radius 3 is 2.45 bits per heavy atom. The SMILES string of the molecule is CCc1ccc(/C=C(/C(=O)O)c2cccc(Cl)c2)cc1. The Balaban J connectivity index is 2.42. The molecule has 0 aliphatic heterocycles. The van der Waals surface area contributed by atoms with Crippen LogP contribution in [0, 0.1) is 0 Å². The molecule has 0 bridgehead atoms. The summed E-state index contributed by atoms with van der Waals surface area (Å²) in [6, 6.07) is 14.7. The van der Waals surface area contributed by atoms with Gasteiger partial charge in [0.15, 0.2) is 0 Å². The minimum absolute atomic E-state index is 0.233. The van der Waals surface area contributed by atoms with Crippen molar-refractivity contribution >= 4 is 29.2 Å². The molecule has 0 unspecified atom stereocenters. The molecule has 0 spiro atoms. The summed E-state index contributed by atoms with van der Waals surface area (Å²) in [7, 11) is 0. The zero-order valence-corrected chi connectivity index (χ0v) is 11.9. The lowest BCUT2D eigenvalue weighted by atomic mass is 10.0. The van der Waals surface area contributed by atoms with Crippen molar-refractivity contribution in [3.05, 3.63) is 70.2 Å². The van der Waals surface area contributed by atoms with Gasteiger partial charge in [-0.2, -0.15) is 0 Å². The van der Waals surface area contributed by atoms with E-state index in [0.29, 0.717) is 10.6 Å². The van der Waals surface area contributed by atoms with Gasteiger partial charge < -0.3 is 5.11 Å². The minimum atomic E-state index is -0.966. The van der Waals surface area contributed by atoms with Crippen LogP contribution >= 0.6 is 11.6 Å². The van der Waals surface area contributed by atoms with E-state index in [1.54, 1.807) is 30.3 Å². The predicted molar refractivity (Wildman–Crippen MR) is 82.8 cm³/mol. The summed E-state index contributed by atoms with van der Waals surface area (Å²) in [6.07, 6.45) is 2.62. The van der Waals surface area contributed by atoms with Crippen molar-refractivity contribution < 1.29 is 9.90 Å².